The number of hydrogen-bond donors (Lipinski definition) is 21. The van der Waals surface area contributed by atoms with Crippen molar-refractivity contribution in [1.82, 2.24) is 74.1 Å². The number of likely N-dealkylation sites (N-methyl/N-ethyl adjacent to an activating group) is 1. The predicted molar refractivity (Wildman–Crippen MR) is 393 cm³/mol. The lowest BCUT2D eigenvalue weighted by Gasteiger charge is -2.31. The van der Waals surface area contributed by atoms with Gasteiger partial charge in [-0.3, -0.25) is 91.1 Å². The fraction of sp³-hybridized carbons (Fsp3) is 0.600. The number of rotatable bonds is 55. The van der Waals surface area contributed by atoms with E-state index in [4.69, 9.17) is 21.9 Å². The van der Waals surface area contributed by atoms with Gasteiger partial charge in [0.15, 0.2) is 0 Å². The summed E-state index contributed by atoms with van der Waals surface area (Å²) in [6.45, 7) is 9.45. The number of para-hydroxylation sites is 1. The van der Waals surface area contributed by atoms with E-state index in [0.29, 0.717) is 28.8 Å². The SMILES string of the molecule is CCC(C)CCCCCCC(=O)NC(Cc1c[nH]c2ccccc12)C(=O)NC(CC(N)=O)C(=O)NC(CC(=O)O)C(=O)NC(C(=O)NC)C(C)OC(=O)C(NC(=O)C(NC(=O)C(CC(N)=O)NC(=O)CNC(=O)C(CC(=O)O)NC(=O)C(C)NC(=O)C(CC(=O)O)NC(=O)C(CCCN)NC=O)C(C)CC(=O)O)C(C)CC. The number of aromatic amines is 1. The molecule has 2 rings (SSSR count). The van der Waals surface area contributed by atoms with Gasteiger partial charge in [0.05, 0.1) is 45.1 Å². The van der Waals surface area contributed by atoms with Crippen molar-refractivity contribution in [3.63, 3.8) is 0 Å². The summed E-state index contributed by atoms with van der Waals surface area (Å²) in [5, 5.41) is 68.4. The molecular weight excluding hydrogens is 1480 g/mol. The molecule has 2 aromatic rings. The number of hydrogen-bond acceptors (Lipinski definition) is 22. The lowest BCUT2D eigenvalue weighted by molar-refractivity contribution is -0.157. The van der Waals surface area contributed by atoms with Crippen molar-refractivity contribution < 1.29 is 121 Å². The van der Waals surface area contributed by atoms with Crippen LogP contribution in [0.4, 0.5) is 0 Å². The van der Waals surface area contributed by atoms with Crippen molar-refractivity contribution in [3.05, 3.63) is 36.0 Å². The fourth-order valence-electron chi connectivity index (χ4n) is 11.2. The summed E-state index contributed by atoms with van der Waals surface area (Å²) in [6, 6.07) is -12.9. The number of aliphatic carboxylic acids is 4. The summed E-state index contributed by atoms with van der Waals surface area (Å²) in [5.41, 5.74) is 17.7. The lowest BCUT2D eigenvalue weighted by atomic mass is 9.94. The van der Waals surface area contributed by atoms with E-state index in [9.17, 15) is 116 Å². The van der Waals surface area contributed by atoms with E-state index in [2.05, 4.69) is 77.3 Å². The van der Waals surface area contributed by atoms with Crippen LogP contribution >= 0.6 is 0 Å². The maximum atomic E-state index is 14.4. The Morgan fingerprint density at radius 2 is 0.946 bits per heavy atom. The van der Waals surface area contributed by atoms with Crippen molar-refractivity contribution in [2.24, 2.45) is 35.0 Å². The minimum absolute atomic E-state index is 0.0126. The van der Waals surface area contributed by atoms with E-state index in [-0.39, 0.29) is 45.1 Å². The number of amides is 15. The smallest absolute Gasteiger partial charge is 0.329 e. The Hall–Kier alpha value is -11.9. The molecule has 0 fully saturated rings. The van der Waals surface area contributed by atoms with Crippen molar-refractivity contribution in [1.29, 1.82) is 0 Å². The van der Waals surface area contributed by atoms with Crippen LogP contribution in [0, 0.1) is 17.8 Å². The zero-order valence-electron chi connectivity index (χ0n) is 63.7. The van der Waals surface area contributed by atoms with Gasteiger partial charge in [-0.25, -0.2) is 4.79 Å². The average Bonchev–Trinajstić information content (AvgIpc) is 1.69. The van der Waals surface area contributed by atoms with E-state index in [1.54, 1.807) is 37.4 Å². The first-order valence-corrected chi connectivity index (χ1v) is 36.3. The monoisotopic (exact) mass is 1590 g/mol. The van der Waals surface area contributed by atoms with Gasteiger partial charge in [-0.2, -0.15) is 0 Å². The van der Waals surface area contributed by atoms with Gasteiger partial charge in [0, 0.05) is 37.0 Å². The molecule has 15 amide bonds. The topological polar surface area (TPSA) is 682 Å². The summed E-state index contributed by atoms with van der Waals surface area (Å²) in [7, 11) is 1.09. The molecule has 0 aliphatic carbocycles. The number of nitrogens with one attached hydrogen (secondary N) is 14. The highest BCUT2D eigenvalue weighted by Gasteiger charge is 2.41. The third kappa shape index (κ3) is 34.8. The van der Waals surface area contributed by atoms with E-state index in [1.165, 1.54) is 6.92 Å². The molecule has 0 aliphatic rings. The van der Waals surface area contributed by atoms with Gasteiger partial charge in [0.25, 0.3) is 0 Å². The van der Waals surface area contributed by atoms with E-state index < -0.39 is 242 Å². The Kier molecular flexibility index (Phi) is 42.3. The largest absolute Gasteiger partial charge is 0.481 e. The van der Waals surface area contributed by atoms with Crippen LogP contribution < -0.4 is 86.3 Å². The molecule has 0 spiro atoms. The minimum Gasteiger partial charge on any atom is -0.481 e. The second-order valence-corrected chi connectivity index (χ2v) is 27.0. The number of unbranched alkanes of at least 4 members (excludes halogenated alkanes) is 3. The highest BCUT2D eigenvalue weighted by atomic mass is 16.5. The molecule has 0 bridgehead atoms. The van der Waals surface area contributed by atoms with Gasteiger partial charge < -0.3 is 116 Å². The molecule has 24 N–H and O–H groups in total. The van der Waals surface area contributed by atoms with Crippen molar-refractivity contribution in [3.8, 4) is 0 Å². The van der Waals surface area contributed by atoms with E-state index in [0.717, 1.165) is 59.9 Å². The normalized spacial score (nSPS) is 15.0. The minimum atomic E-state index is -2.13. The van der Waals surface area contributed by atoms with Gasteiger partial charge in [-0.05, 0) is 69.0 Å². The first-order chi connectivity index (χ1) is 52.7. The lowest BCUT2D eigenvalue weighted by Crippen LogP contribution is -2.61. The number of esters is 1. The zero-order valence-corrected chi connectivity index (χ0v) is 63.7. The highest BCUT2D eigenvalue weighted by molar-refractivity contribution is 6.01. The highest BCUT2D eigenvalue weighted by Crippen LogP contribution is 2.21. The van der Waals surface area contributed by atoms with Crippen LogP contribution in [0.2, 0.25) is 0 Å². The van der Waals surface area contributed by atoms with Crippen LogP contribution in [0.15, 0.2) is 30.5 Å². The molecule has 1 heterocycles. The van der Waals surface area contributed by atoms with Crippen molar-refractivity contribution >= 4 is 130 Å². The number of H-pyrrole nitrogens is 1. The molecule has 15 unspecified atom stereocenters. The fourth-order valence-corrected chi connectivity index (χ4v) is 11.2. The first kappa shape index (κ1) is 96.2. The Morgan fingerprint density at radius 1 is 0.473 bits per heavy atom. The molecule has 0 radical (unpaired) electrons. The number of primary amides is 2. The van der Waals surface area contributed by atoms with Crippen LogP contribution in [0.1, 0.15) is 157 Å². The van der Waals surface area contributed by atoms with Gasteiger partial charge >= 0.3 is 29.8 Å². The zero-order chi connectivity index (χ0) is 84.6. The number of nitrogens with two attached hydrogens (primary N) is 3. The Bertz CT molecular complexity index is 3670. The Balaban J connectivity index is 2.39. The summed E-state index contributed by atoms with van der Waals surface area (Å²) < 4.78 is 5.65. The van der Waals surface area contributed by atoms with Gasteiger partial charge in [-0.1, -0.05) is 91.3 Å². The summed E-state index contributed by atoms with van der Waals surface area (Å²) in [5.74, 6) is -26.3. The van der Waals surface area contributed by atoms with Crippen LogP contribution in [-0.2, 0) is 107 Å². The summed E-state index contributed by atoms with van der Waals surface area (Å²) in [4.78, 5) is 265. The Morgan fingerprint density at radius 3 is 1.47 bits per heavy atom. The maximum absolute atomic E-state index is 14.4. The second-order valence-electron chi connectivity index (χ2n) is 27.0. The van der Waals surface area contributed by atoms with Crippen molar-refractivity contribution in [2.75, 3.05) is 20.1 Å². The summed E-state index contributed by atoms with van der Waals surface area (Å²) in [6.07, 6.45) is -0.908. The third-order valence-corrected chi connectivity index (χ3v) is 17.9. The second kappa shape index (κ2) is 49.3. The molecule has 622 valence electrons. The number of carbonyl (C=O) groups is 20. The average molecular weight is 1590 g/mol. The van der Waals surface area contributed by atoms with Crippen LogP contribution in [0.3, 0.4) is 0 Å². The number of aromatic nitrogens is 1. The number of ether oxygens (including phenoxy) is 1. The number of benzene rings is 1. The van der Waals surface area contributed by atoms with Gasteiger partial charge in [0.2, 0.25) is 89.1 Å². The van der Waals surface area contributed by atoms with Crippen molar-refractivity contribution in [2.45, 2.75) is 230 Å². The van der Waals surface area contributed by atoms with Gasteiger partial charge in [-0.15, -0.1) is 0 Å². The van der Waals surface area contributed by atoms with Crippen LogP contribution in [0.25, 0.3) is 10.9 Å². The molecule has 42 nitrogen and oxygen atoms in total. The molecule has 0 saturated heterocycles. The number of carboxylic acid groups (broad SMARTS) is 4. The molecule has 1 aromatic heterocycles. The van der Waals surface area contributed by atoms with Gasteiger partial charge in [0.1, 0.15) is 72.6 Å². The number of carbonyl (C=O) groups excluding carboxylic acids is 16. The van der Waals surface area contributed by atoms with E-state index >= 15 is 0 Å². The maximum Gasteiger partial charge on any atom is 0.329 e. The molecule has 0 saturated carbocycles. The number of carboxylic acids is 4. The quantitative estimate of drug-likeness (QED) is 0.0167. The van der Waals surface area contributed by atoms with Crippen LogP contribution in [-0.4, -0.2) is 237 Å². The standard InChI is InChI=1S/C70H107N17O25/c1-9-34(3)18-13-11-12-14-22-51(91)79-43(25-39-31-75-41-20-16-15-19-40(39)41)64(105)82-45(27-50(73)90)65(106)84-48(30-56(99)100)67(108)87-59(68(109)74-8)38(7)112-70(111)58(35(4)10-2)86-69(110)57(36(5)24-53(93)94)85-66(107)44(26-49(72)89)80-52(92)32-76-61(102)46(28-54(95)96)81-60(101)37(6)78-63(104)47(29-55(97)98)83-62(103)42(77-33-88)21-17-23-71/h15-16,19-20,31,33-38,42-48,57-59,75H,9-14,17-18,21-30,32,71H2,1-8H3,(H2,72,89)(H2,73,90)(H,74,109)(H,76,102)(H,77,88)(H,78,104)(H,79,91)(H,80,92)(H,81,101)(H,82,105)(H,83,103)(H,84,106)(H,85,107)(H,86,110)(H,87,108)(H,93,94)(H,95,96)(H,97,98)(H,99,100). The molecule has 15 atom stereocenters. The molecule has 0 aliphatic heterocycles. The molecule has 112 heavy (non-hydrogen) atoms. The van der Waals surface area contributed by atoms with Crippen LogP contribution in [0.5, 0.6) is 0 Å². The first-order valence-electron chi connectivity index (χ1n) is 36.3. The Labute approximate surface area is 644 Å². The molecule has 42 heteroatoms. The molecule has 1 aromatic carbocycles. The third-order valence-electron chi connectivity index (χ3n) is 17.9. The molecular formula is C70H107N17O25. The number of fused-ring (bicyclic) bond motifs is 1. The summed E-state index contributed by atoms with van der Waals surface area (Å²) >= 11 is 0. The van der Waals surface area contributed by atoms with E-state index in [1.807, 2.05) is 10.6 Å². The predicted octanol–water partition coefficient (Wildman–Crippen LogP) is -5.06.